The second-order valence-corrected chi connectivity index (χ2v) is 6.97. The Morgan fingerprint density at radius 1 is 1.22 bits per heavy atom. The molecule has 1 spiro atoms. The van der Waals surface area contributed by atoms with Crippen LogP contribution >= 0.6 is 0 Å². The molecule has 0 amide bonds. The lowest BCUT2D eigenvalue weighted by Gasteiger charge is -2.48. The van der Waals surface area contributed by atoms with E-state index in [0.29, 0.717) is 19.0 Å². The average molecular weight is 316 g/mol. The first-order valence-electron chi connectivity index (χ1n) is 8.58. The lowest BCUT2D eigenvalue weighted by Crippen LogP contribution is -2.54. The van der Waals surface area contributed by atoms with Crippen LogP contribution in [0.25, 0.3) is 0 Å². The van der Waals surface area contributed by atoms with E-state index in [0.717, 1.165) is 25.7 Å². The molecule has 1 saturated heterocycles. The summed E-state index contributed by atoms with van der Waals surface area (Å²) in [6, 6.07) is 10.2. The molecule has 4 atom stereocenters. The monoisotopic (exact) mass is 316 g/mol. The van der Waals surface area contributed by atoms with Crippen LogP contribution in [0.4, 0.5) is 0 Å². The van der Waals surface area contributed by atoms with E-state index in [9.17, 15) is 10.2 Å². The van der Waals surface area contributed by atoms with Crippen LogP contribution in [0.2, 0.25) is 0 Å². The molecular weight excluding hydrogens is 292 g/mol. The normalized spacial score (nSPS) is 35.3. The van der Waals surface area contributed by atoms with Crippen molar-refractivity contribution in [3.05, 3.63) is 47.7 Å². The van der Waals surface area contributed by atoms with Gasteiger partial charge in [0.15, 0.2) is 5.79 Å². The summed E-state index contributed by atoms with van der Waals surface area (Å²) in [7, 11) is 0. The zero-order chi connectivity index (χ0) is 15.9. The quantitative estimate of drug-likeness (QED) is 0.839. The number of ether oxygens (including phenoxy) is 2. The summed E-state index contributed by atoms with van der Waals surface area (Å²) < 4.78 is 11.5. The molecule has 3 fully saturated rings. The maximum atomic E-state index is 10.5. The maximum absolute atomic E-state index is 10.5. The third-order valence-electron chi connectivity index (χ3n) is 5.75. The van der Waals surface area contributed by atoms with Gasteiger partial charge in [0, 0.05) is 18.3 Å². The van der Waals surface area contributed by atoms with Crippen LogP contribution in [-0.4, -0.2) is 35.3 Å². The van der Waals surface area contributed by atoms with E-state index in [1.807, 2.05) is 24.3 Å². The molecule has 2 aliphatic carbocycles. The van der Waals surface area contributed by atoms with Crippen molar-refractivity contribution in [3.8, 4) is 0 Å². The van der Waals surface area contributed by atoms with Crippen molar-refractivity contribution < 1.29 is 19.7 Å². The van der Waals surface area contributed by atoms with Crippen molar-refractivity contribution in [2.24, 2.45) is 17.8 Å². The fourth-order valence-electron chi connectivity index (χ4n) is 4.49. The SMILES string of the molecule is OC(=CCCc1ccccc1)[C@@H]1C[C@H]2[C@@H](CC23OCCO3)C1O. The van der Waals surface area contributed by atoms with E-state index in [-0.39, 0.29) is 17.8 Å². The molecular formula is C19H24O4. The maximum Gasteiger partial charge on any atom is 0.172 e. The number of rotatable bonds is 4. The Morgan fingerprint density at radius 3 is 2.70 bits per heavy atom. The van der Waals surface area contributed by atoms with Crippen molar-refractivity contribution >= 4 is 0 Å². The second-order valence-electron chi connectivity index (χ2n) is 6.97. The van der Waals surface area contributed by atoms with Gasteiger partial charge in [-0.25, -0.2) is 0 Å². The van der Waals surface area contributed by atoms with Gasteiger partial charge in [-0.15, -0.1) is 0 Å². The molecule has 1 aliphatic heterocycles. The molecule has 4 rings (SSSR count). The summed E-state index contributed by atoms with van der Waals surface area (Å²) in [5.41, 5.74) is 1.26. The largest absolute Gasteiger partial charge is 0.512 e. The molecule has 3 aliphatic rings. The van der Waals surface area contributed by atoms with E-state index >= 15 is 0 Å². The number of hydrogen-bond acceptors (Lipinski definition) is 4. The van der Waals surface area contributed by atoms with Gasteiger partial charge in [-0.1, -0.05) is 30.3 Å². The lowest BCUT2D eigenvalue weighted by atomic mass is 9.69. The van der Waals surface area contributed by atoms with Crippen LogP contribution in [0.5, 0.6) is 0 Å². The molecule has 4 heteroatoms. The summed E-state index contributed by atoms with van der Waals surface area (Å²) in [4.78, 5) is 0. The van der Waals surface area contributed by atoms with E-state index in [1.165, 1.54) is 5.56 Å². The van der Waals surface area contributed by atoms with Gasteiger partial charge in [0.1, 0.15) is 0 Å². The minimum Gasteiger partial charge on any atom is -0.512 e. The minimum atomic E-state index is -0.480. The van der Waals surface area contributed by atoms with Crippen molar-refractivity contribution in [3.63, 3.8) is 0 Å². The van der Waals surface area contributed by atoms with Crippen molar-refractivity contribution in [1.29, 1.82) is 0 Å². The van der Waals surface area contributed by atoms with Crippen LogP contribution in [-0.2, 0) is 15.9 Å². The van der Waals surface area contributed by atoms with Gasteiger partial charge in [-0.05, 0) is 36.8 Å². The van der Waals surface area contributed by atoms with Crippen molar-refractivity contribution in [2.75, 3.05) is 13.2 Å². The van der Waals surface area contributed by atoms with Crippen molar-refractivity contribution in [2.45, 2.75) is 37.6 Å². The van der Waals surface area contributed by atoms with E-state index in [2.05, 4.69) is 12.1 Å². The Kier molecular flexibility index (Phi) is 3.92. The molecule has 2 N–H and O–H groups in total. The molecule has 124 valence electrons. The van der Waals surface area contributed by atoms with Crippen LogP contribution in [0.1, 0.15) is 24.8 Å². The highest BCUT2D eigenvalue weighted by molar-refractivity contribution is 5.17. The van der Waals surface area contributed by atoms with Crippen LogP contribution < -0.4 is 0 Å². The summed E-state index contributed by atoms with van der Waals surface area (Å²) in [5, 5.41) is 20.9. The van der Waals surface area contributed by atoms with Gasteiger partial charge < -0.3 is 19.7 Å². The fraction of sp³-hybridized carbons (Fsp3) is 0.579. The Balaban J connectivity index is 1.37. The third-order valence-corrected chi connectivity index (χ3v) is 5.75. The number of aryl methyl sites for hydroxylation is 1. The van der Waals surface area contributed by atoms with Gasteiger partial charge in [0.05, 0.1) is 25.1 Å². The third kappa shape index (κ3) is 2.59. The van der Waals surface area contributed by atoms with E-state index in [4.69, 9.17) is 9.47 Å². The van der Waals surface area contributed by atoms with Crippen LogP contribution in [0, 0.1) is 17.8 Å². The smallest absolute Gasteiger partial charge is 0.172 e. The van der Waals surface area contributed by atoms with Gasteiger partial charge in [-0.2, -0.15) is 0 Å². The predicted molar refractivity (Wildman–Crippen MR) is 85.8 cm³/mol. The molecule has 1 aromatic carbocycles. The Bertz CT molecular complexity index is 576. The topological polar surface area (TPSA) is 58.9 Å². The first kappa shape index (κ1) is 15.2. The molecule has 1 aromatic rings. The molecule has 1 unspecified atom stereocenters. The first-order valence-corrected chi connectivity index (χ1v) is 8.58. The molecule has 0 radical (unpaired) electrons. The number of allylic oxidation sites excluding steroid dienone is 1. The summed E-state index contributed by atoms with van der Waals surface area (Å²) in [5.74, 6) is 0.103. The highest BCUT2D eigenvalue weighted by atomic mass is 16.7. The first-order chi connectivity index (χ1) is 11.2. The minimum absolute atomic E-state index is 0.173. The van der Waals surface area contributed by atoms with Gasteiger partial charge in [0.2, 0.25) is 0 Å². The van der Waals surface area contributed by atoms with Gasteiger partial charge in [0.25, 0.3) is 0 Å². The van der Waals surface area contributed by atoms with Gasteiger partial charge >= 0.3 is 0 Å². The molecule has 4 nitrogen and oxygen atoms in total. The molecule has 0 bridgehead atoms. The number of benzene rings is 1. The summed E-state index contributed by atoms with van der Waals surface area (Å²) in [6.07, 6.45) is 4.58. The molecule has 1 heterocycles. The average Bonchev–Trinajstić information content (AvgIpc) is 3.14. The molecule has 2 saturated carbocycles. The standard InChI is InChI=1S/C19H24O4/c20-17(8-4-7-13-5-2-1-3-6-13)14-11-16-15(18(14)21)12-19(16)22-9-10-23-19/h1-3,5-6,8,14-16,18,20-21H,4,7,9-12H2/t14-,15+,16-,18?/m0/s1. The molecule has 23 heavy (non-hydrogen) atoms. The number of aliphatic hydroxyl groups excluding tert-OH is 2. The zero-order valence-corrected chi connectivity index (χ0v) is 13.2. The van der Waals surface area contributed by atoms with E-state index in [1.54, 1.807) is 0 Å². The number of fused-ring (bicyclic) bond motifs is 2. The highest BCUT2D eigenvalue weighted by Gasteiger charge is 2.65. The van der Waals surface area contributed by atoms with Crippen LogP contribution in [0.15, 0.2) is 42.2 Å². The van der Waals surface area contributed by atoms with E-state index < -0.39 is 11.9 Å². The predicted octanol–water partition coefficient (Wildman–Crippen LogP) is 2.82. The van der Waals surface area contributed by atoms with Gasteiger partial charge in [-0.3, -0.25) is 0 Å². The Hall–Kier alpha value is -1.36. The van der Waals surface area contributed by atoms with Crippen molar-refractivity contribution in [1.82, 2.24) is 0 Å². The lowest BCUT2D eigenvalue weighted by molar-refractivity contribution is -0.275. The zero-order valence-electron chi connectivity index (χ0n) is 13.2. The second kappa shape index (κ2) is 5.93. The number of aliphatic hydroxyl groups is 2. The van der Waals surface area contributed by atoms with Crippen LogP contribution in [0.3, 0.4) is 0 Å². The summed E-state index contributed by atoms with van der Waals surface area (Å²) >= 11 is 0. The highest BCUT2D eigenvalue weighted by Crippen LogP contribution is 2.60. The fourth-order valence-corrected chi connectivity index (χ4v) is 4.49. The summed E-state index contributed by atoms with van der Waals surface area (Å²) in [6.45, 7) is 1.28. The Labute approximate surface area is 136 Å². The molecule has 0 aromatic heterocycles. The Morgan fingerprint density at radius 2 is 1.96 bits per heavy atom. The number of hydrogen-bond donors (Lipinski definition) is 2.